The van der Waals surface area contributed by atoms with Crippen LogP contribution in [0.5, 0.6) is 0 Å². The van der Waals surface area contributed by atoms with E-state index >= 15 is 0 Å². The third-order valence-electron chi connectivity index (χ3n) is 11.2. The molecule has 260 valence electrons. The van der Waals surface area contributed by atoms with Crippen molar-refractivity contribution in [2.45, 2.75) is 19.3 Å². The lowest BCUT2D eigenvalue weighted by Crippen LogP contribution is -2.14. The lowest BCUT2D eigenvalue weighted by Gasteiger charge is -2.21. The molecule has 1 aliphatic carbocycles. The topological polar surface area (TPSA) is 38.7 Å². The van der Waals surface area contributed by atoms with Crippen LogP contribution in [0, 0.1) is 0 Å². The predicted octanol–water partition coefficient (Wildman–Crippen LogP) is 13.3. The van der Waals surface area contributed by atoms with Gasteiger partial charge in [0, 0.05) is 22.1 Å². The van der Waals surface area contributed by atoms with Crippen LogP contribution in [0.4, 0.5) is 0 Å². The first-order valence-electron chi connectivity index (χ1n) is 18.9. The third kappa shape index (κ3) is 5.82. The van der Waals surface area contributed by atoms with Crippen LogP contribution in [0.3, 0.4) is 0 Å². The lowest BCUT2D eigenvalue weighted by molar-refractivity contribution is 0.660. The second-order valence-corrected chi connectivity index (χ2v) is 14.9. The van der Waals surface area contributed by atoms with E-state index in [-0.39, 0.29) is 5.41 Å². The summed E-state index contributed by atoms with van der Waals surface area (Å²) in [6, 6.07) is 66.8. The first-order chi connectivity index (χ1) is 27.0. The van der Waals surface area contributed by atoms with Gasteiger partial charge in [-0.1, -0.05) is 190 Å². The fraction of sp³-hybridized carbons (Fsp3) is 0.0577. The molecule has 10 rings (SSSR count). The van der Waals surface area contributed by atoms with Gasteiger partial charge in [0.2, 0.25) is 0 Å². The van der Waals surface area contributed by atoms with Gasteiger partial charge in [-0.2, -0.15) is 0 Å². The Morgan fingerprint density at radius 2 is 0.764 bits per heavy atom. The zero-order valence-electron chi connectivity index (χ0n) is 30.7. The molecule has 0 amide bonds. The molecule has 0 saturated carbocycles. The molecule has 9 aromatic rings. The molecule has 8 aromatic carbocycles. The molecule has 0 radical (unpaired) electrons. The molecular weight excluding hydrogens is 667 g/mol. The van der Waals surface area contributed by atoms with Crippen molar-refractivity contribution in [1.29, 1.82) is 0 Å². The Hall–Kier alpha value is -6.97. The summed E-state index contributed by atoms with van der Waals surface area (Å²) in [5, 5.41) is 2.24. The standard InChI is InChI=1S/C52H37N3/c1-52(2)47-19-10-9-17-44(47)46-33-41(29-31-48(46)52)40-28-30-43-42(32-40)16-11-18-45(43)51-54-49(38-24-20-36(21-25-38)34-12-5-3-6-13-34)53-50(55-51)39-26-22-37(23-27-39)35-14-7-4-8-15-35/h3-33H,1-2H3. The van der Waals surface area contributed by atoms with E-state index in [1.807, 2.05) is 12.1 Å². The highest BCUT2D eigenvalue weighted by atomic mass is 15.0. The minimum Gasteiger partial charge on any atom is -0.208 e. The highest BCUT2D eigenvalue weighted by molar-refractivity contribution is 5.98. The van der Waals surface area contributed by atoms with Gasteiger partial charge in [0.25, 0.3) is 0 Å². The second kappa shape index (κ2) is 13.2. The van der Waals surface area contributed by atoms with Crippen LogP contribution >= 0.6 is 0 Å². The monoisotopic (exact) mass is 703 g/mol. The summed E-state index contributed by atoms with van der Waals surface area (Å²) in [4.78, 5) is 15.4. The van der Waals surface area contributed by atoms with Gasteiger partial charge in [-0.25, -0.2) is 15.0 Å². The fourth-order valence-electron chi connectivity index (χ4n) is 8.20. The molecule has 3 heteroatoms. The Kier molecular flexibility index (Phi) is 7.81. The van der Waals surface area contributed by atoms with E-state index in [9.17, 15) is 0 Å². The average molecular weight is 704 g/mol. The molecule has 0 unspecified atom stereocenters. The summed E-state index contributed by atoms with van der Waals surface area (Å²) in [5.41, 5.74) is 15.3. The number of fused-ring (bicyclic) bond motifs is 4. The fourth-order valence-corrected chi connectivity index (χ4v) is 8.20. The minimum atomic E-state index is -0.0150. The highest BCUT2D eigenvalue weighted by Gasteiger charge is 2.35. The number of hydrogen-bond acceptors (Lipinski definition) is 3. The highest BCUT2D eigenvalue weighted by Crippen LogP contribution is 2.49. The third-order valence-corrected chi connectivity index (χ3v) is 11.2. The predicted molar refractivity (Wildman–Crippen MR) is 228 cm³/mol. The van der Waals surface area contributed by atoms with Crippen molar-refractivity contribution in [3.05, 3.63) is 199 Å². The molecule has 0 spiro atoms. The van der Waals surface area contributed by atoms with Gasteiger partial charge in [-0.3, -0.25) is 0 Å². The van der Waals surface area contributed by atoms with E-state index in [0.717, 1.165) is 38.6 Å². The maximum Gasteiger partial charge on any atom is 0.164 e. The van der Waals surface area contributed by atoms with Gasteiger partial charge in [-0.05, 0) is 78.5 Å². The molecule has 55 heavy (non-hydrogen) atoms. The van der Waals surface area contributed by atoms with Crippen molar-refractivity contribution in [2.75, 3.05) is 0 Å². The number of hydrogen-bond donors (Lipinski definition) is 0. The summed E-state index contributed by atoms with van der Waals surface area (Å²) in [5.74, 6) is 1.93. The van der Waals surface area contributed by atoms with E-state index in [1.165, 1.54) is 44.5 Å². The summed E-state index contributed by atoms with van der Waals surface area (Å²) >= 11 is 0. The molecule has 0 N–H and O–H groups in total. The minimum absolute atomic E-state index is 0.0150. The normalized spacial score (nSPS) is 12.7. The van der Waals surface area contributed by atoms with Crippen molar-refractivity contribution in [1.82, 2.24) is 15.0 Å². The van der Waals surface area contributed by atoms with Crippen molar-refractivity contribution in [3.8, 4) is 78.7 Å². The summed E-state index contributed by atoms with van der Waals surface area (Å²) < 4.78 is 0. The number of aromatic nitrogens is 3. The molecule has 0 bridgehead atoms. The van der Waals surface area contributed by atoms with Crippen LogP contribution < -0.4 is 0 Å². The van der Waals surface area contributed by atoms with Gasteiger partial charge < -0.3 is 0 Å². The van der Waals surface area contributed by atoms with Crippen molar-refractivity contribution < 1.29 is 0 Å². The molecule has 0 fully saturated rings. The van der Waals surface area contributed by atoms with Crippen molar-refractivity contribution >= 4 is 10.8 Å². The van der Waals surface area contributed by atoms with Gasteiger partial charge >= 0.3 is 0 Å². The molecule has 0 aliphatic heterocycles. The zero-order valence-corrected chi connectivity index (χ0v) is 30.7. The van der Waals surface area contributed by atoms with Gasteiger partial charge in [0.05, 0.1) is 0 Å². The maximum atomic E-state index is 5.15. The molecule has 1 aliphatic rings. The van der Waals surface area contributed by atoms with E-state index in [1.54, 1.807) is 0 Å². The van der Waals surface area contributed by atoms with Crippen LogP contribution in [0.15, 0.2) is 188 Å². The summed E-state index contributed by atoms with van der Waals surface area (Å²) in [6.07, 6.45) is 0. The average Bonchev–Trinajstić information content (AvgIpc) is 3.49. The van der Waals surface area contributed by atoms with Crippen LogP contribution in [0.1, 0.15) is 25.0 Å². The van der Waals surface area contributed by atoms with Gasteiger partial charge in [-0.15, -0.1) is 0 Å². The largest absolute Gasteiger partial charge is 0.208 e. The Bertz CT molecular complexity index is 2760. The van der Waals surface area contributed by atoms with E-state index in [0.29, 0.717) is 17.5 Å². The van der Waals surface area contributed by atoms with E-state index in [4.69, 9.17) is 15.0 Å². The zero-order chi connectivity index (χ0) is 36.9. The van der Waals surface area contributed by atoms with Gasteiger partial charge in [0.1, 0.15) is 0 Å². The summed E-state index contributed by atoms with van der Waals surface area (Å²) in [6.45, 7) is 4.65. The Labute approximate surface area is 321 Å². The van der Waals surface area contributed by atoms with Gasteiger partial charge in [0.15, 0.2) is 17.5 Å². The Morgan fingerprint density at radius 3 is 1.40 bits per heavy atom. The first kappa shape index (κ1) is 32.7. The molecule has 1 heterocycles. The van der Waals surface area contributed by atoms with E-state index in [2.05, 4.69) is 190 Å². The molecular formula is C52H37N3. The SMILES string of the molecule is CC1(C)c2ccccc2-c2cc(-c3ccc4c(-c5nc(-c6ccc(-c7ccccc7)cc6)nc(-c6ccc(-c7ccccc7)cc6)n5)cccc4c3)ccc21. The van der Waals surface area contributed by atoms with Crippen LogP contribution in [0.2, 0.25) is 0 Å². The lowest BCUT2D eigenvalue weighted by atomic mass is 9.82. The smallest absolute Gasteiger partial charge is 0.164 e. The van der Waals surface area contributed by atoms with E-state index < -0.39 is 0 Å². The van der Waals surface area contributed by atoms with Crippen molar-refractivity contribution in [3.63, 3.8) is 0 Å². The Balaban J connectivity index is 1.07. The summed E-state index contributed by atoms with van der Waals surface area (Å²) in [7, 11) is 0. The Morgan fingerprint density at radius 1 is 0.309 bits per heavy atom. The molecule has 0 atom stereocenters. The van der Waals surface area contributed by atoms with Crippen LogP contribution in [-0.4, -0.2) is 15.0 Å². The maximum absolute atomic E-state index is 5.15. The second-order valence-electron chi connectivity index (χ2n) is 14.9. The van der Waals surface area contributed by atoms with Crippen LogP contribution in [0.25, 0.3) is 89.4 Å². The molecule has 0 saturated heterocycles. The number of benzene rings is 8. The quantitative estimate of drug-likeness (QED) is 0.173. The number of rotatable bonds is 6. The van der Waals surface area contributed by atoms with Crippen LogP contribution in [-0.2, 0) is 5.41 Å². The first-order valence-corrected chi connectivity index (χ1v) is 18.9. The number of nitrogens with zero attached hydrogens (tertiary/aromatic N) is 3. The molecule has 3 nitrogen and oxygen atoms in total. The van der Waals surface area contributed by atoms with Crippen molar-refractivity contribution in [2.24, 2.45) is 0 Å². The molecule has 1 aromatic heterocycles.